The number of ether oxygens (including phenoxy) is 1. The Morgan fingerprint density at radius 2 is 2.12 bits per heavy atom. The number of carbonyl (C=O) groups excluding carboxylic acids is 1. The van der Waals surface area contributed by atoms with Gasteiger partial charge >= 0.3 is 6.18 Å². The molecule has 0 N–H and O–H groups in total. The molecule has 2 aromatic rings. The van der Waals surface area contributed by atoms with Gasteiger partial charge in [-0.05, 0) is 24.6 Å². The first-order chi connectivity index (χ1) is 11.3. The van der Waals surface area contributed by atoms with Gasteiger partial charge in [0.05, 0.1) is 0 Å². The number of alkyl halides is 3. The van der Waals surface area contributed by atoms with Gasteiger partial charge in [-0.2, -0.15) is 13.2 Å². The summed E-state index contributed by atoms with van der Waals surface area (Å²) in [6, 6.07) is 6.72. The van der Waals surface area contributed by atoms with Crippen molar-refractivity contribution >= 4 is 34.5 Å². The van der Waals surface area contributed by atoms with E-state index in [0.29, 0.717) is 23.7 Å². The largest absolute Gasteiger partial charge is 0.459 e. The molecule has 24 heavy (non-hydrogen) atoms. The number of halogens is 4. The molecule has 2 rings (SSSR count). The van der Waals surface area contributed by atoms with Crippen LogP contribution in [0.25, 0.3) is 0 Å². The Bertz CT molecular complexity index is 709. The van der Waals surface area contributed by atoms with Crippen molar-refractivity contribution in [1.82, 2.24) is 10.2 Å². The highest BCUT2D eigenvalue weighted by molar-refractivity contribution is 7.13. The molecule has 0 unspecified atom stereocenters. The molecule has 130 valence electrons. The molecule has 0 spiro atoms. The third kappa shape index (κ3) is 4.81. The Morgan fingerprint density at radius 1 is 1.38 bits per heavy atom. The molecule has 0 aliphatic heterocycles. The fraction of sp³-hybridized carbons (Fsp3) is 0.357. The molecule has 0 saturated carbocycles. The molecule has 0 fully saturated rings. The van der Waals surface area contributed by atoms with Crippen LogP contribution in [0.1, 0.15) is 18.4 Å². The lowest BCUT2D eigenvalue weighted by Crippen LogP contribution is -2.35. The smallest absolute Gasteiger partial charge is 0.445 e. The lowest BCUT2D eigenvalue weighted by atomic mass is 10.2. The fourth-order valence-corrected chi connectivity index (χ4v) is 2.60. The molecule has 0 saturated heterocycles. The normalized spacial score (nSPS) is 11.4. The van der Waals surface area contributed by atoms with E-state index in [-0.39, 0.29) is 16.5 Å². The van der Waals surface area contributed by atoms with Gasteiger partial charge in [0.1, 0.15) is 0 Å². The topological polar surface area (TPSA) is 55.3 Å². The van der Waals surface area contributed by atoms with Crippen LogP contribution < -0.4 is 9.64 Å². The van der Waals surface area contributed by atoms with Gasteiger partial charge < -0.3 is 9.64 Å². The maximum atomic E-state index is 12.5. The van der Waals surface area contributed by atoms with Crippen LogP contribution in [0.15, 0.2) is 24.3 Å². The zero-order chi connectivity index (χ0) is 17.7. The number of carbonyl (C=O) groups is 1. The summed E-state index contributed by atoms with van der Waals surface area (Å²) < 4.78 is 42.4. The second kappa shape index (κ2) is 7.80. The van der Waals surface area contributed by atoms with Crippen LogP contribution in [0.4, 0.5) is 18.9 Å². The molecule has 1 amide bonds. The van der Waals surface area contributed by atoms with Crippen LogP contribution >= 0.6 is 22.9 Å². The van der Waals surface area contributed by atoms with Gasteiger partial charge in [0, 0.05) is 17.3 Å². The van der Waals surface area contributed by atoms with Crippen LogP contribution in [-0.4, -0.2) is 29.3 Å². The van der Waals surface area contributed by atoms with E-state index in [9.17, 15) is 18.0 Å². The van der Waals surface area contributed by atoms with Crippen molar-refractivity contribution in [3.05, 3.63) is 34.3 Å². The van der Waals surface area contributed by atoms with E-state index < -0.39 is 23.7 Å². The quantitative estimate of drug-likeness (QED) is 0.760. The molecule has 10 heteroatoms. The highest BCUT2D eigenvalue weighted by atomic mass is 35.5. The Labute approximate surface area is 145 Å². The Balaban J connectivity index is 2.04. The van der Waals surface area contributed by atoms with E-state index in [0.717, 1.165) is 0 Å². The summed E-state index contributed by atoms with van der Waals surface area (Å²) in [6.45, 7) is 1.87. The SMILES string of the molecule is CCCN(C(=O)COc1nnc(C(F)(F)F)s1)c1cccc(Cl)c1. The van der Waals surface area contributed by atoms with Gasteiger partial charge in [0.15, 0.2) is 6.61 Å². The summed E-state index contributed by atoms with van der Waals surface area (Å²) >= 11 is 6.16. The second-order valence-corrected chi connectivity index (χ2v) is 6.06. The third-order valence-electron chi connectivity index (χ3n) is 2.84. The molecule has 0 radical (unpaired) electrons. The lowest BCUT2D eigenvalue weighted by Gasteiger charge is -2.22. The first kappa shape index (κ1) is 18.5. The minimum atomic E-state index is -4.59. The average molecular weight is 380 g/mol. The predicted octanol–water partition coefficient (Wildman–Crippen LogP) is 4.03. The summed E-state index contributed by atoms with van der Waals surface area (Å²) in [5.41, 5.74) is 0.589. The maximum Gasteiger partial charge on any atom is 0.445 e. The number of rotatable bonds is 6. The minimum absolute atomic E-state index is 0.244. The van der Waals surface area contributed by atoms with E-state index in [4.69, 9.17) is 16.3 Å². The van der Waals surface area contributed by atoms with E-state index >= 15 is 0 Å². The summed E-state index contributed by atoms with van der Waals surface area (Å²) in [7, 11) is 0. The van der Waals surface area contributed by atoms with E-state index in [1.165, 1.54) is 4.90 Å². The summed E-state index contributed by atoms with van der Waals surface area (Å²) in [5.74, 6) is -0.414. The predicted molar refractivity (Wildman–Crippen MR) is 84.5 cm³/mol. The van der Waals surface area contributed by atoms with Gasteiger partial charge in [-0.3, -0.25) is 4.79 Å². The van der Waals surface area contributed by atoms with Crippen molar-refractivity contribution in [2.45, 2.75) is 19.5 Å². The molecule has 5 nitrogen and oxygen atoms in total. The van der Waals surface area contributed by atoms with Crippen LogP contribution in [-0.2, 0) is 11.0 Å². The molecule has 0 aliphatic rings. The van der Waals surface area contributed by atoms with Crippen LogP contribution in [0.2, 0.25) is 5.02 Å². The number of anilines is 1. The third-order valence-corrected chi connectivity index (χ3v) is 3.95. The van der Waals surface area contributed by atoms with Crippen molar-refractivity contribution in [3.63, 3.8) is 0 Å². The lowest BCUT2D eigenvalue weighted by molar-refractivity contribution is -0.138. The summed E-state index contributed by atoms with van der Waals surface area (Å²) in [5, 5.41) is 5.32. The van der Waals surface area contributed by atoms with Crippen molar-refractivity contribution in [1.29, 1.82) is 0 Å². The van der Waals surface area contributed by atoms with Crippen LogP contribution in [0.3, 0.4) is 0 Å². The minimum Gasteiger partial charge on any atom is -0.459 e. The van der Waals surface area contributed by atoms with E-state index in [1.807, 2.05) is 6.92 Å². The Morgan fingerprint density at radius 3 is 2.71 bits per heavy atom. The monoisotopic (exact) mass is 379 g/mol. The number of benzene rings is 1. The van der Waals surface area contributed by atoms with Crippen molar-refractivity contribution in [2.75, 3.05) is 18.1 Å². The number of nitrogens with zero attached hydrogens (tertiary/aromatic N) is 3. The zero-order valence-corrected chi connectivity index (χ0v) is 14.1. The van der Waals surface area contributed by atoms with Gasteiger partial charge in [0.25, 0.3) is 11.1 Å². The molecule has 1 aromatic carbocycles. The van der Waals surface area contributed by atoms with E-state index in [2.05, 4.69) is 10.2 Å². The van der Waals surface area contributed by atoms with Crippen molar-refractivity contribution in [3.8, 4) is 5.19 Å². The van der Waals surface area contributed by atoms with Crippen molar-refractivity contribution in [2.24, 2.45) is 0 Å². The number of hydrogen-bond acceptors (Lipinski definition) is 5. The first-order valence-corrected chi connectivity index (χ1v) is 8.10. The fourth-order valence-electron chi connectivity index (χ4n) is 1.85. The number of hydrogen-bond donors (Lipinski definition) is 0. The molecule has 1 heterocycles. The summed E-state index contributed by atoms with van der Waals surface area (Å²) in [4.78, 5) is 13.8. The standard InChI is InChI=1S/C14H13ClF3N3O2S/c1-2-6-21(10-5-3-4-9(15)7-10)11(22)8-23-13-20-19-12(24-13)14(16,17)18/h3-5,7H,2,6,8H2,1H3. The molecule has 0 aliphatic carbocycles. The van der Waals surface area contributed by atoms with Crippen LogP contribution in [0, 0.1) is 0 Å². The number of amides is 1. The highest BCUT2D eigenvalue weighted by Gasteiger charge is 2.36. The van der Waals surface area contributed by atoms with Crippen LogP contribution in [0.5, 0.6) is 5.19 Å². The molecule has 1 aromatic heterocycles. The van der Waals surface area contributed by atoms with E-state index in [1.54, 1.807) is 24.3 Å². The van der Waals surface area contributed by atoms with Crippen molar-refractivity contribution < 1.29 is 22.7 Å². The average Bonchev–Trinajstić information content (AvgIpc) is 2.99. The molecule has 0 atom stereocenters. The van der Waals surface area contributed by atoms with Gasteiger partial charge in [-0.15, -0.1) is 5.10 Å². The van der Waals surface area contributed by atoms with Gasteiger partial charge in [-0.25, -0.2) is 0 Å². The molecular weight excluding hydrogens is 367 g/mol. The van der Waals surface area contributed by atoms with Gasteiger partial charge in [-0.1, -0.05) is 41.0 Å². The first-order valence-electron chi connectivity index (χ1n) is 6.90. The molecule has 0 bridgehead atoms. The zero-order valence-electron chi connectivity index (χ0n) is 12.5. The summed E-state index contributed by atoms with van der Waals surface area (Å²) in [6.07, 6.45) is -3.90. The number of aromatic nitrogens is 2. The maximum absolute atomic E-state index is 12.5. The molecular formula is C14H13ClF3N3O2S. The second-order valence-electron chi connectivity index (χ2n) is 4.68. The highest BCUT2D eigenvalue weighted by Crippen LogP contribution is 2.33. The van der Waals surface area contributed by atoms with Gasteiger partial charge in [0.2, 0.25) is 5.01 Å². The Kier molecular flexibility index (Phi) is 6.00. The Hall–Kier alpha value is -1.87.